The molecular formula is C20H23FN4O2. The molecular weight excluding hydrogens is 347 g/mol. The predicted octanol–water partition coefficient (Wildman–Crippen LogP) is 2.16. The van der Waals surface area contributed by atoms with Crippen molar-refractivity contribution < 1.29 is 14.0 Å². The van der Waals surface area contributed by atoms with Crippen LogP contribution in [0.15, 0.2) is 36.7 Å². The van der Waals surface area contributed by atoms with E-state index in [0.29, 0.717) is 32.5 Å². The Bertz CT molecular complexity index is 838. The van der Waals surface area contributed by atoms with E-state index in [-0.39, 0.29) is 35.5 Å². The standard InChI is InChI=1S/C20H23FN4O2/c1-13(26)25-11-16-10-24(19(27)6-5-14-8-22-23-9-14)12-18(16)20(25)15-3-2-4-17(21)7-15/h2-4,7-9,16,18,20H,5-6,10-12H2,1H3,(H,22,23)/t16-,18-,20+/m1/s1. The molecule has 2 amide bonds. The number of nitrogens with one attached hydrogen (secondary N) is 1. The van der Waals surface area contributed by atoms with Gasteiger partial charge in [0.1, 0.15) is 5.82 Å². The summed E-state index contributed by atoms with van der Waals surface area (Å²) in [4.78, 5) is 28.5. The minimum absolute atomic E-state index is 0.00324. The number of H-pyrrole nitrogens is 1. The lowest BCUT2D eigenvalue weighted by molar-refractivity contribution is -0.131. The van der Waals surface area contributed by atoms with E-state index in [1.165, 1.54) is 12.1 Å². The summed E-state index contributed by atoms with van der Waals surface area (Å²) in [5, 5.41) is 6.66. The normalized spacial score (nSPS) is 24.3. The van der Waals surface area contributed by atoms with Gasteiger partial charge in [0.15, 0.2) is 0 Å². The Morgan fingerprint density at radius 3 is 2.85 bits per heavy atom. The van der Waals surface area contributed by atoms with Crippen LogP contribution in [-0.2, 0) is 16.0 Å². The van der Waals surface area contributed by atoms with Gasteiger partial charge in [-0.3, -0.25) is 14.7 Å². The predicted molar refractivity (Wildman–Crippen MR) is 97.0 cm³/mol. The van der Waals surface area contributed by atoms with E-state index >= 15 is 0 Å². The van der Waals surface area contributed by atoms with Crippen LogP contribution in [0.2, 0.25) is 0 Å². The minimum Gasteiger partial charge on any atom is -0.342 e. The summed E-state index contributed by atoms with van der Waals surface area (Å²) in [5.74, 6) is 0.202. The maximum atomic E-state index is 13.8. The lowest BCUT2D eigenvalue weighted by Crippen LogP contribution is -2.36. The minimum atomic E-state index is -0.300. The maximum Gasteiger partial charge on any atom is 0.222 e. The molecule has 0 spiro atoms. The Hall–Kier alpha value is -2.70. The number of halogens is 1. The van der Waals surface area contributed by atoms with Crippen LogP contribution in [0.3, 0.4) is 0 Å². The molecule has 4 rings (SSSR count). The highest BCUT2D eigenvalue weighted by atomic mass is 19.1. The van der Waals surface area contributed by atoms with Crippen LogP contribution in [0.1, 0.15) is 30.5 Å². The monoisotopic (exact) mass is 370 g/mol. The van der Waals surface area contributed by atoms with Gasteiger partial charge in [-0.25, -0.2) is 4.39 Å². The first-order chi connectivity index (χ1) is 13.0. The van der Waals surface area contributed by atoms with Crippen molar-refractivity contribution in [2.24, 2.45) is 11.8 Å². The number of hydrogen-bond acceptors (Lipinski definition) is 3. The Balaban J connectivity index is 1.48. The zero-order chi connectivity index (χ0) is 19.0. The second kappa shape index (κ2) is 7.13. The molecule has 2 aliphatic heterocycles. The van der Waals surface area contributed by atoms with E-state index in [2.05, 4.69) is 10.2 Å². The summed E-state index contributed by atoms with van der Waals surface area (Å²) in [5.41, 5.74) is 1.83. The quantitative estimate of drug-likeness (QED) is 0.897. The van der Waals surface area contributed by atoms with Gasteiger partial charge in [-0.15, -0.1) is 0 Å². The molecule has 0 saturated carbocycles. The Labute approximate surface area is 157 Å². The first-order valence-corrected chi connectivity index (χ1v) is 9.31. The molecule has 3 heterocycles. The van der Waals surface area contributed by atoms with Crippen molar-refractivity contribution in [1.82, 2.24) is 20.0 Å². The number of benzene rings is 1. The van der Waals surface area contributed by atoms with E-state index in [1.807, 2.05) is 15.9 Å². The number of hydrogen-bond donors (Lipinski definition) is 1. The zero-order valence-corrected chi connectivity index (χ0v) is 15.3. The third-order valence-corrected chi connectivity index (χ3v) is 5.79. The number of aromatic amines is 1. The maximum absolute atomic E-state index is 13.8. The summed E-state index contributed by atoms with van der Waals surface area (Å²) < 4.78 is 13.8. The van der Waals surface area contributed by atoms with E-state index in [0.717, 1.165) is 11.1 Å². The number of amides is 2. The topological polar surface area (TPSA) is 69.3 Å². The van der Waals surface area contributed by atoms with E-state index in [9.17, 15) is 14.0 Å². The van der Waals surface area contributed by atoms with Gasteiger partial charge in [-0.05, 0) is 29.7 Å². The van der Waals surface area contributed by atoms with Crippen molar-refractivity contribution in [2.45, 2.75) is 25.8 Å². The molecule has 0 unspecified atom stereocenters. The fourth-order valence-electron chi connectivity index (χ4n) is 4.51. The average Bonchev–Trinajstić information content (AvgIpc) is 3.34. The van der Waals surface area contributed by atoms with Gasteiger partial charge in [0.25, 0.3) is 0 Å². The molecule has 142 valence electrons. The molecule has 2 saturated heterocycles. The van der Waals surface area contributed by atoms with Gasteiger partial charge in [-0.1, -0.05) is 12.1 Å². The van der Waals surface area contributed by atoms with E-state index in [4.69, 9.17) is 0 Å². The molecule has 6 nitrogen and oxygen atoms in total. The number of aromatic nitrogens is 2. The first-order valence-electron chi connectivity index (χ1n) is 9.31. The SMILES string of the molecule is CC(=O)N1C[C@H]2CN(C(=O)CCc3cn[nH]c3)C[C@H]2[C@@H]1c1cccc(F)c1. The fourth-order valence-corrected chi connectivity index (χ4v) is 4.51. The molecule has 0 radical (unpaired) electrons. The van der Waals surface area contributed by atoms with Crippen LogP contribution in [-0.4, -0.2) is 51.4 Å². The third-order valence-electron chi connectivity index (χ3n) is 5.79. The molecule has 7 heteroatoms. The van der Waals surface area contributed by atoms with Gasteiger partial charge < -0.3 is 9.80 Å². The summed E-state index contributed by atoms with van der Waals surface area (Å²) in [6.07, 6.45) is 4.64. The lowest BCUT2D eigenvalue weighted by Gasteiger charge is -2.29. The number of carbonyl (C=O) groups is 2. The molecule has 1 aromatic heterocycles. The molecule has 2 aliphatic rings. The molecule has 3 atom stereocenters. The van der Waals surface area contributed by atoms with Crippen molar-refractivity contribution >= 4 is 11.8 Å². The number of fused-ring (bicyclic) bond motifs is 1. The molecule has 27 heavy (non-hydrogen) atoms. The summed E-state index contributed by atoms with van der Waals surface area (Å²) in [6, 6.07) is 6.30. The van der Waals surface area contributed by atoms with Crippen LogP contribution >= 0.6 is 0 Å². The summed E-state index contributed by atoms with van der Waals surface area (Å²) >= 11 is 0. The van der Waals surface area contributed by atoms with Crippen LogP contribution in [0, 0.1) is 17.7 Å². The fraction of sp³-hybridized carbons (Fsp3) is 0.450. The number of carbonyl (C=O) groups excluding carboxylic acids is 2. The van der Waals surface area contributed by atoms with Crippen molar-refractivity contribution in [1.29, 1.82) is 0 Å². The highest BCUT2D eigenvalue weighted by molar-refractivity contribution is 5.77. The number of rotatable bonds is 4. The Kier molecular flexibility index (Phi) is 4.68. The van der Waals surface area contributed by atoms with Gasteiger partial charge in [-0.2, -0.15) is 5.10 Å². The van der Waals surface area contributed by atoms with Crippen LogP contribution in [0.4, 0.5) is 4.39 Å². The summed E-state index contributed by atoms with van der Waals surface area (Å²) in [6.45, 7) is 3.44. The van der Waals surface area contributed by atoms with Crippen molar-refractivity contribution in [3.8, 4) is 0 Å². The molecule has 2 aromatic rings. The van der Waals surface area contributed by atoms with Crippen LogP contribution in [0.5, 0.6) is 0 Å². The van der Waals surface area contributed by atoms with Crippen molar-refractivity contribution in [3.63, 3.8) is 0 Å². The first kappa shape index (κ1) is 17.7. The molecule has 0 aliphatic carbocycles. The highest BCUT2D eigenvalue weighted by Gasteiger charge is 2.49. The number of likely N-dealkylation sites (tertiary alicyclic amines) is 2. The Morgan fingerprint density at radius 2 is 2.15 bits per heavy atom. The zero-order valence-electron chi connectivity index (χ0n) is 15.3. The van der Waals surface area contributed by atoms with Gasteiger partial charge >= 0.3 is 0 Å². The third kappa shape index (κ3) is 3.46. The van der Waals surface area contributed by atoms with E-state index < -0.39 is 0 Å². The highest BCUT2D eigenvalue weighted by Crippen LogP contribution is 2.45. The van der Waals surface area contributed by atoms with Crippen LogP contribution in [0.25, 0.3) is 0 Å². The smallest absolute Gasteiger partial charge is 0.222 e. The average molecular weight is 370 g/mol. The molecule has 2 fully saturated rings. The number of nitrogens with zero attached hydrogens (tertiary/aromatic N) is 3. The van der Waals surface area contributed by atoms with E-state index in [1.54, 1.807) is 25.4 Å². The molecule has 0 bridgehead atoms. The van der Waals surface area contributed by atoms with Crippen molar-refractivity contribution in [3.05, 3.63) is 53.6 Å². The second-order valence-electron chi connectivity index (χ2n) is 7.50. The van der Waals surface area contributed by atoms with Crippen LogP contribution < -0.4 is 0 Å². The van der Waals surface area contributed by atoms with Gasteiger partial charge in [0, 0.05) is 51.0 Å². The number of aryl methyl sites for hydroxylation is 1. The van der Waals surface area contributed by atoms with Gasteiger partial charge in [0.05, 0.1) is 12.2 Å². The lowest BCUT2D eigenvalue weighted by atomic mass is 9.89. The second-order valence-corrected chi connectivity index (χ2v) is 7.50. The van der Waals surface area contributed by atoms with Gasteiger partial charge in [0.2, 0.25) is 11.8 Å². The molecule has 1 aromatic carbocycles. The summed E-state index contributed by atoms with van der Waals surface area (Å²) in [7, 11) is 0. The largest absolute Gasteiger partial charge is 0.342 e. The van der Waals surface area contributed by atoms with Crippen molar-refractivity contribution in [2.75, 3.05) is 19.6 Å². The molecule has 1 N–H and O–H groups in total. The Morgan fingerprint density at radius 1 is 1.30 bits per heavy atom.